The zero-order valence-electron chi connectivity index (χ0n) is 9.42. The van der Waals surface area contributed by atoms with Gasteiger partial charge in [0.2, 0.25) is 0 Å². The zero-order valence-corrected chi connectivity index (χ0v) is 11.0. The van der Waals surface area contributed by atoms with Crippen molar-refractivity contribution in [3.63, 3.8) is 0 Å². The largest absolute Gasteiger partial charge is 0.347 e. The highest BCUT2D eigenvalue weighted by atomic mass is 35.5. The van der Waals surface area contributed by atoms with Crippen LogP contribution in [0, 0.1) is 6.92 Å². The van der Waals surface area contributed by atoms with Gasteiger partial charge in [-0.25, -0.2) is 0 Å². The van der Waals surface area contributed by atoms with E-state index in [0.29, 0.717) is 16.5 Å². The molecule has 17 heavy (non-hydrogen) atoms. The van der Waals surface area contributed by atoms with Gasteiger partial charge in [0.25, 0.3) is 5.91 Å². The lowest BCUT2D eigenvalue weighted by atomic mass is 9.85. The molecule has 92 valence electrons. The summed E-state index contributed by atoms with van der Waals surface area (Å²) in [6, 6.07) is 4.16. The number of carbonyl (C=O) groups excluding carboxylic acids is 1. The van der Waals surface area contributed by atoms with Gasteiger partial charge in [-0.3, -0.25) is 4.79 Å². The zero-order chi connectivity index (χ0) is 11.3. The molecule has 2 atom stereocenters. The molecule has 3 nitrogen and oxygen atoms in total. The Kier molecular flexibility index (Phi) is 3.34. The fourth-order valence-electron chi connectivity index (χ4n) is 2.70. The van der Waals surface area contributed by atoms with E-state index in [-0.39, 0.29) is 24.4 Å². The molecule has 1 aromatic rings. The Balaban J connectivity index is 0.00000108. The van der Waals surface area contributed by atoms with E-state index >= 15 is 0 Å². The average Bonchev–Trinajstić information content (AvgIpc) is 2.64. The van der Waals surface area contributed by atoms with Crippen molar-refractivity contribution in [2.24, 2.45) is 0 Å². The third-order valence-corrected chi connectivity index (χ3v) is 3.72. The summed E-state index contributed by atoms with van der Waals surface area (Å²) in [5.41, 5.74) is 2.88. The molecule has 5 heteroatoms. The molecule has 0 spiro atoms. The van der Waals surface area contributed by atoms with E-state index in [4.69, 9.17) is 11.6 Å². The third kappa shape index (κ3) is 1.92. The summed E-state index contributed by atoms with van der Waals surface area (Å²) >= 11 is 6.15. The Hall–Kier alpha value is -0.770. The number of halogens is 2. The minimum atomic E-state index is -0.0371. The molecule has 1 fully saturated rings. The van der Waals surface area contributed by atoms with Gasteiger partial charge in [-0.05, 0) is 24.1 Å². The first-order valence-electron chi connectivity index (χ1n) is 5.48. The van der Waals surface area contributed by atoms with Crippen molar-refractivity contribution >= 4 is 29.9 Å². The van der Waals surface area contributed by atoms with Gasteiger partial charge in [0.15, 0.2) is 0 Å². The molecule has 0 bridgehead atoms. The van der Waals surface area contributed by atoms with Crippen molar-refractivity contribution < 1.29 is 4.79 Å². The lowest BCUT2D eigenvalue weighted by Crippen LogP contribution is -2.44. The standard InChI is InChI=1S/C12H13ClN2O.ClH/c1-6-2-7-8-4-14-5-10(8)15-12(16)11(7)9(13)3-6;/h2-3,8,10,14H,4-5H2,1H3,(H,15,16);1H/t8-,10+;/m0./s1. The van der Waals surface area contributed by atoms with Gasteiger partial charge in [-0.2, -0.15) is 0 Å². The minimum Gasteiger partial charge on any atom is -0.347 e. The molecular weight excluding hydrogens is 259 g/mol. The maximum atomic E-state index is 11.9. The number of nitrogens with one attached hydrogen (secondary N) is 2. The van der Waals surface area contributed by atoms with Gasteiger partial charge in [-0.1, -0.05) is 17.7 Å². The molecular formula is C12H14Cl2N2O. The van der Waals surface area contributed by atoms with Crippen LogP contribution in [0.5, 0.6) is 0 Å². The van der Waals surface area contributed by atoms with Crippen LogP contribution >= 0.6 is 24.0 Å². The molecule has 3 rings (SSSR count). The average molecular weight is 273 g/mol. The van der Waals surface area contributed by atoms with Gasteiger partial charge in [0.1, 0.15) is 0 Å². The van der Waals surface area contributed by atoms with Gasteiger partial charge in [0.05, 0.1) is 10.6 Å². The molecule has 0 aromatic heterocycles. The number of aryl methyl sites for hydroxylation is 1. The molecule has 0 saturated carbocycles. The summed E-state index contributed by atoms with van der Waals surface area (Å²) in [6.45, 7) is 3.77. The van der Waals surface area contributed by atoms with Crippen LogP contribution in [0.3, 0.4) is 0 Å². The summed E-state index contributed by atoms with van der Waals surface area (Å²) in [7, 11) is 0. The molecule has 1 aromatic carbocycles. The monoisotopic (exact) mass is 272 g/mol. The van der Waals surface area contributed by atoms with Crippen LogP contribution < -0.4 is 10.6 Å². The molecule has 2 N–H and O–H groups in total. The van der Waals surface area contributed by atoms with E-state index in [1.165, 1.54) is 0 Å². The summed E-state index contributed by atoms with van der Waals surface area (Å²) in [4.78, 5) is 11.9. The number of rotatable bonds is 0. The van der Waals surface area contributed by atoms with Crippen molar-refractivity contribution in [1.82, 2.24) is 10.6 Å². The van der Waals surface area contributed by atoms with Crippen molar-refractivity contribution in [2.45, 2.75) is 18.9 Å². The van der Waals surface area contributed by atoms with E-state index in [1.807, 2.05) is 13.0 Å². The maximum absolute atomic E-state index is 11.9. The molecule has 1 saturated heterocycles. The normalized spacial score (nSPS) is 25.6. The number of carbonyl (C=O) groups is 1. The smallest absolute Gasteiger partial charge is 0.253 e. The highest BCUT2D eigenvalue weighted by Crippen LogP contribution is 2.34. The molecule has 2 heterocycles. The van der Waals surface area contributed by atoms with Crippen LogP contribution in [0.25, 0.3) is 0 Å². The quantitative estimate of drug-likeness (QED) is 0.757. The van der Waals surface area contributed by atoms with Crippen LogP contribution in [0.1, 0.15) is 27.4 Å². The molecule has 2 aliphatic heterocycles. The fraction of sp³-hybridized carbons (Fsp3) is 0.417. The van der Waals surface area contributed by atoms with Crippen LogP contribution in [-0.2, 0) is 0 Å². The first kappa shape index (κ1) is 12.7. The SMILES string of the molecule is Cc1cc(Cl)c2c(c1)[C@@H]1CNC[C@H]1NC2=O.Cl. The molecule has 0 aliphatic carbocycles. The van der Waals surface area contributed by atoms with E-state index < -0.39 is 0 Å². The number of hydrogen-bond acceptors (Lipinski definition) is 2. The molecule has 2 aliphatic rings. The third-order valence-electron chi connectivity index (χ3n) is 3.42. The second-order valence-electron chi connectivity index (χ2n) is 4.56. The molecule has 0 radical (unpaired) electrons. The Labute approximate surface area is 111 Å². The van der Waals surface area contributed by atoms with Crippen molar-refractivity contribution in [3.05, 3.63) is 33.8 Å². The number of fused-ring (bicyclic) bond motifs is 3. The van der Waals surface area contributed by atoms with E-state index in [9.17, 15) is 4.79 Å². The van der Waals surface area contributed by atoms with Crippen molar-refractivity contribution in [1.29, 1.82) is 0 Å². The van der Waals surface area contributed by atoms with E-state index in [1.54, 1.807) is 0 Å². The summed E-state index contributed by atoms with van der Waals surface area (Å²) < 4.78 is 0. The number of amides is 1. The number of benzene rings is 1. The fourth-order valence-corrected chi connectivity index (χ4v) is 3.07. The topological polar surface area (TPSA) is 41.1 Å². The summed E-state index contributed by atoms with van der Waals surface area (Å²) in [5.74, 6) is 0.329. The molecule has 1 amide bonds. The Morgan fingerprint density at radius 2 is 2.12 bits per heavy atom. The second kappa shape index (κ2) is 4.48. The number of hydrogen-bond donors (Lipinski definition) is 2. The van der Waals surface area contributed by atoms with Crippen LogP contribution in [0.2, 0.25) is 5.02 Å². The predicted molar refractivity (Wildman–Crippen MR) is 70.3 cm³/mol. The second-order valence-corrected chi connectivity index (χ2v) is 4.96. The highest BCUT2D eigenvalue weighted by molar-refractivity contribution is 6.34. The lowest BCUT2D eigenvalue weighted by molar-refractivity contribution is 0.0924. The van der Waals surface area contributed by atoms with Gasteiger partial charge >= 0.3 is 0 Å². The maximum Gasteiger partial charge on any atom is 0.253 e. The molecule has 0 unspecified atom stereocenters. The predicted octanol–water partition coefficient (Wildman–Crippen LogP) is 1.87. The van der Waals surface area contributed by atoms with Crippen LogP contribution in [0.4, 0.5) is 0 Å². The first-order chi connectivity index (χ1) is 7.66. The van der Waals surface area contributed by atoms with E-state index in [0.717, 1.165) is 24.2 Å². The van der Waals surface area contributed by atoms with Gasteiger partial charge in [0, 0.05) is 25.0 Å². The van der Waals surface area contributed by atoms with Crippen LogP contribution in [-0.4, -0.2) is 25.0 Å². The Morgan fingerprint density at radius 3 is 2.88 bits per heavy atom. The van der Waals surface area contributed by atoms with Gasteiger partial charge in [-0.15, -0.1) is 12.4 Å². The van der Waals surface area contributed by atoms with Crippen molar-refractivity contribution in [2.75, 3.05) is 13.1 Å². The summed E-state index contributed by atoms with van der Waals surface area (Å²) in [5, 5.41) is 6.88. The first-order valence-corrected chi connectivity index (χ1v) is 5.86. The van der Waals surface area contributed by atoms with Gasteiger partial charge < -0.3 is 10.6 Å². The summed E-state index contributed by atoms with van der Waals surface area (Å²) in [6.07, 6.45) is 0. The minimum absolute atomic E-state index is 0. The van der Waals surface area contributed by atoms with E-state index in [2.05, 4.69) is 16.7 Å². The highest BCUT2D eigenvalue weighted by Gasteiger charge is 2.37. The van der Waals surface area contributed by atoms with Crippen molar-refractivity contribution in [3.8, 4) is 0 Å². The Bertz CT molecular complexity index is 476. The Morgan fingerprint density at radius 1 is 1.35 bits per heavy atom. The lowest BCUT2D eigenvalue weighted by Gasteiger charge is -2.29. The van der Waals surface area contributed by atoms with Crippen LogP contribution in [0.15, 0.2) is 12.1 Å².